The lowest BCUT2D eigenvalue weighted by Crippen LogP contribution is -2.49. The summed E-state index contributed by atoms with van der Waals surface area (Å²) in [5, 5.41) is 10.7. The van der Waals surface area contributed by atoms with Gasteiger partial charge in [0.05, 0.1) is 17.8 Å². The molecule has 0 amide bonds. The van der Waals surface area contributed by atoms with Gasteiger partial charge in [0, 0.05) is 19.1 Å². The van der Waals surface area contributed by atoms with Gasteiger partial charge in [0.1, 0.15) is 0 Å². The highest BCUT2D eigenvalue weighted by Crippen LogP contribution is 2.46. The molecule has 3 fully saturated rings. The fourth-order valence-electron chi connectivity index (χ4n) is 4.10. The first-order chi connectivity index (χ1) is 8.74. The van der Waals surface area contributed by atoms with Crippen LogP contribution in [0.4, 0.5) is 0 Å². The third kappa shape index (κ3) is 2.21. The molecule has 1 aliphatic carbocycles. The van der Waals surface area contributed by atoms with Crippen LogP contribution in [0.3, 0.4) is 0 Å². The topological polar surface area (TPSA) is 38.7 Å². The van der Waals surface area contributed by atoms with Gasteiger partial charge in [-0.25, -0.2) is 0 Å². The van der Waals surface area contributed by atoms with Crippen molar-refractivity contribution in [1.82, 2.24) is 0 Å². The van der Waals surface area contributed by atoms with E-state index in [2.05, 4.69) is 6.92 Å². The zero-order chi connectivity index (χ0) is 12.6. The summed E-state index contributed by atoms with van der Waals surface area (Å²) >= 11 is 0. The molecule has 1 spiro atoms. The van der Waals surface area contributed by atoms with Crippen LogP contribution in [-0.4, -0.2) is 36.1 Å². The number of rotatable bonds is 3. The van der Waals surface area contributed by atoms with Crippen molar-refractivity contribution in [1.29, 1.82) is 0 Å². The fraction of sp³-hybridized carbons (Fsp3) is 1.00. The normalized spacial score (nSPS) is 40.7. The molecule has 18 heavy (non-hydrogen) atoms. The molecule has 1 N–H and O–H groups in total. The van der Waals surface area contributed by atoms with Crippen LogP contribution in [0.2, 0.25) is 0 Å². The molecule has 0 aromatic heterocycles. The van der Waals surface area contributed by atoms with Gasteiger partial charge in [0.2, 0.25) is 0 Å². The van der Waals surface area contributed by atoms with Crippen LogP contribution in [0, 0.1) is 11.8 Å². The van der Waals surface area contributed by atoms with Crippen molar-refractivity contribution < 1.29 is 14.6 Å². The minimum absolute atomic E-state index is 0.144. The Morgan fingerprint density at radius 2 is 2.11 bits per heavy atom. The monoisotopic (exact) mass is 254 g/mol. The Bertz CT molecular complexity index is 287. The Balaban J connectivity index is 1.62. The molecule has 3 heteroatoms. The van der Waals surface area contributed by atoms with E-state index in [9.17, 15) is 5.11 Å². The van der Waals surface area contributed by atoms with Crippen molar-refractivity contribution in [3.05, 3.63) is 0 Å². The number of hydrogen-bond donors (Lipinski definition) is 1. The first-order valence-corrected chi connectivity index (χ1v) is 7.68. The van der Waals surface area contributed by atoms with Gasteiger partial charge in [-0.05, 0) is 50.9 Å². The summed E-state index contributed by atoms with van der Waals surface area (Å²) in [7, 11) is 0. The molecule has 3 rings (SSSR count). The van der Waals surface area contributed by atoms with Crippen LogP contribution in [-0.2, 0) is 9.47 Å². The second-order valence-corrected chi connectivity index (χ2v) is 6.40. The average Bonchev–Trinajstić information content (AvgIpc) is 2.84. The molecule has 0 radical (unpaired) electrons. The molecule has 3 nitrogen and oxygen atoms in total. The highest BCUT2D eigenvalue weighted by molar-refractivity contribution is 4.97. The quantitative estimate of drug-likeness (QED) is 0.841. The minimum atomic E-state index is -0.182. The fourth-order valence-corrected chi connectivity index (χ4v) is 4.10. The first kappa shape index (κ1) is 12.9. The van der Waals surface area contributed by atoms with Gasteiger partial charge in [-0.1, -0.05) is 6.92 Å². The maximum absolute atomic E-state index is 10.7. The van der Waals surface area contributed by atoms with Gasteiger partial charge < -0.3 is 14.6 Å². The summed E-state index contributed by atoms with van der Waals surface area (Å²) in [6, 6.07) is 0. The Labute approximate surface area is 110 Å². The molecule has 104 valence electrons. The summed E-state index contributed by atoms with van der Waals surface area (Å²) in [5.74, 6) is 0.787. The van der Waals surface area contributed by atoms with Gasteiger partial charge in [-0.3, -0.25) is 0 Å². The number of ether oxygens (including phenoxy) is 2. The van der Waals surface area contributed by atoms with E-state index in [0.717, 1.165) is 38.9 Å². The zero-order valence-electron chi connectivity index (χ0n) is 11.4. The molecule has 3 aliphatic rings. The second-order valence-electron chi connectivity index (χ2n) is 6.40. The Morgan fingerprint density at radius 1 is 1.28 bits per heavy atom. The van der Waals surface area contributed by atoms with Gasteiger partial charge >= 0.3 is 0 Å². The van der Waals surface area contributed by atoms with Crippen molar-refractivity contribution in [3.8, 4) is 0 Å². The van der Waals surface area contributed by atoms with E-state index in [0.29, 0.717) is 11.8 Å². The molecular formula is C15H26O3. The highest BCUT2D eigenvalue weighted by atomic mass is 16.5. The van der Waals surface area contributed by atoms with Crippen molar-refractivity contribution in [3.63, 3.8) is 0 Å². The van der Waals surface area contributed by atoms with Gasteiger partial charge in [0.25, 0.3) is 0 Å². The summed E-state index contributed by atoms with van der Waals surface area (Å²) in [4.78, 5) is 0. The minimum Gasteiger partial charge on any atom is -0.392 e. The van der Waals surface area contributed by atoms with Crippen LogP contribution in [0.15, 0.2) is 0 Å². The van der Waals surface area contributed by atoms with Crippen LogP contribution >= 0.6 is 0 Å². The van der Waals surface area contributed by atoms with Gasteiger partial charge in [-0.15, -0.1) is 0 Å². The summed E-state index contributed by atoms with van der Waals surface area (Å²) in [6.07, 6.45) is 7.95. The van der Waals surface area contributed by atoms with Crippen LogP contribution < -0.4 is 0 Å². The van der Waals surface area contributed by atoms with E-state index in [4.69, 9.17) is 9.47 Å². The largest absolute Gasteiger partial charge is 0.392 e. The summed E-state index contributed by atoms with van der Waals surface area (Å²) in [5.41, 5.74) is 0.144. The Morgan fingerprint density at radius 3 is 2.78 bits per heavy atom. The lowest BCUT2D eigenvalue weighted by molar-refractivity contribution is -0.163. The Hall–Kier alpha value is -0.120. The van der Waals surface area contributed by atoms with Crippen LogP contribution in [0.25, 0.3) is 0 Å². The van der Waals surface area contributed by atoms with Crippen molar-refractivity contribution in [2.75, 3.05) is 13.2 Å². The maximum atomic E-state index is 10.7. The van der Waals surface area contributed by atoms with Gasteiger partial charge in [-0.2, -0.15) is 0 Å². The first-order valence-electron chi connectivity index (χ1n) is 7.68. The van der Waals surface area contributed by atoms with E-state index in [1.54, 1.807) is 0 Å². The van der Waals surface area contributed by atoms with E-state index in [1.807, 2.05) is 0 Å². The zero-order valence-corrected chi connectivity index (χ0v) is 11.4. The predicted molar refractivity (Wildman–Crippen MR) is 69.4 cm³/mol. The molecule has 0 aromatic rings. The molecule has 4 atom stereocenters. The van der Waals surface area contributed by atoms with E-state index >= 15 is 0 Å². The lowest BCUT2D eigenvalue weighted by atomic mass is 9.69. The van der Waals surface area contributed by atoms with Crippen molar-refractivity contribution in [2.45, 2.75) is 69.7 Å². The Kier molecular flexibility index (Phi) is 3.65. The maximum Gasteiger partial charge on any atom is 0.0686 e. The molecule has 0 aromatic carbocycles. The van der Waals surface area contributed by atoms with Crippen LogP contribution in [0.5, 0.6) is 0 Å². The third-order valence-electron chi connectivity index (χ3n) is 5.38. The number of aliphatic hydroxyl groups excluding tert-OH is 1. The predicted octanol–water partition coefficient (Wildman–Crippen LogP) is 2.51. The molecule has 0 bridgehead atoms. The third-order valence-corrected chi connectivity index (χ3v) is 5.38. The molecule has 2 saturated heterocycles. The average molecular weight is 254 g/mol. The highest BCUT2D eigenvalue weighted by Gasteiger charge is 2.46. The van der Waals surface area contributed by atoms with E-state index in [1.165, 1.54) is 19.3 Å². The number of aliphatic hydroxyl groups is 1. The summed E-state index contributed by atoms with van der Waals surface area (Å²) < 4.78 is 11.7. The number of hydrogen-bond acceptors (Lipinski definition) is 3. The van der Waals surface area contributed by atoms with Gasteiger partial charge in [0.15, 0.2) is 0 Å². The standard InChI is InChI=1S/C15H26O3/c1-2-13-12(5-8-17-13)14(16)11-4-9-18-15(10-11)6-3-7-15/h11-14,16H,2-10H2,1H3. The summed E-state index contributed by atoms with van der Waals surface area (Å²) in [6.45, 7) is 3.83. The smallest absolute Gasteiger partial charge is 0.0686 e. The van der Waals surface area contributed by atoms with Crippen molar-refractivity contribution in [2.24, 2.45) is 11.8 Å². The van der Waals surface area contributed by atoms with E-state index in [-0.39, 0.29) is 17.8 Å². The van der Waals surface area contributed by atoms with Crippen LogP contribution in [0.1, 0.15) is 51.9 Å². The molecule has 2 aliphatic heterocycles. The second kappa shape index (κ2) is 5.10. The molecule has 4 unspecified atom stereocenters. The molecule has 2 heterocycles. The molecule has 1 saturated carbocycles. The van der Waals surface area contributed by atoms with E-state index < -0.39 is 0 Å². The van der Waals surface area contributed by atoms with Crippen molar-refractivity contribution >= 4 is 0 Å². The SMILES string of the molecule is CCC1OCCC1C(O)C1CCOC2(CCC2)C1. The molecular weight excluding hydrogens is 228 g/mol. The lowest BCUT2D eigenvalue weighted by Gasteiger charge is -2.48.